The van der Waals surface area contributed by atoms with Crippen molar-refractivity contribution in [2.24, 2.45) is 5.92 Å². The Morgan fingerprint density at radius 1 is 1.23 bits per heavy atom. The second kappa shape index (κ2) is 4.09. The topological polar surface area (TPSA) is 41.1 Å². The molecule has 1 saturated heterocycles. The minimum Gasteiger partial charge on any atom is -0.345 e. The van der Waals surface area contributed by atoms with E-state index in [1.54, 1.807) is 0 Å². The van der Waals surface area contributed by atoms with Crippen LogP contribution < -0.4 is 10.6 Å². The van der Waals surface area contributed by atoms with E-state index >= 15 is 0 Å². The smallest absolute Gasteiger partial charge is 0.309 e. The van der Waals surface area contributed by atoms with Crippen LogP contribution in [0.15, 0.2) is 0 Å². The molecule has 73 valence electrons. The summed E-state index contributed by atoms with van der Waals surface area (Å²) in [5.41, 5.74) is 0. The quantitative estimate of drug-likeness (QED) is 0.611. The maximum Gasteiger partial charge on any atom is 0.309 e. The van der Waals surface area contributed by atoms with Gasteiger partial charge in [0.2, 0.25) is 0 Å². The molecule has 0 spiro atoms. The Bertz CT molecular complexity index is 182. The Hall–Kier alpha value is -0.570. The van der Waals surface area contributed by atoms with Gasteiger partial charge >= 0.3 is 6.41 Å². The minimum absolute atomic E-state index is 0.379. The van der Waals surface area contributed by atoms with Gasteiger partial charge in [-0.1, -0.05) is 12.8 Å². The molecule has 3 heteroatoms. The fraction of sp³-hybridized carbons (Fsp3) is 0.900. The fourth-order valence-corrected chi connectivity index (χ4v) is 2.79. The van der Waals surface area contributed by atoms with E-state index in [9.17, 15) is 4.79 Å². The molecule has 0 aromatic carbocycles. The van der Waals surface area contributed by atoms with E-state index < -0.39 is 0 Å². The molecule has 0 aromatic heterocycles. The van der Waals surface area contributed by atoms with Crippen molar-refractivity contribution in [2.45, 2.75) is 44.2 Å². The lowest BCUT2D eigenvalue weighted by atomic mass is 9.76. The normalized spacial score (nSPS) is 39.2. The fourth-order valence-electron chi connectivity index (χ4n) is 2.79. The molecule has 13 heavy (non-hydrogen) atoms. The zero-order valence-electron chi connectivity index (χ0n) is 7.88. The lowest BCUT2D eigenvalue weighted by molar-refractivity contribution is 0.173. The van der Waals surface area contributed by atoms with Gasteiger partial charge in [-0.15, -0.1) is 0 Å². The number of amides is 1. The summed E-state index contributed by atoms with van der Waals surface area (Å²) >= 11 is 0. The SMILES string of the molecule is O=[C]NC1CCNC2CCCCC12. The number of fused-ring (bicyclic) bond motifs is 1. The molecule has 3 nitrogen and oxygen atoms in total. The van der Waals surface area contributed by atoms with Crippen LogP contribution >= 0.6 is 0 Å². The van der Waals surface area contributed by atoms with Gasteiger partial charge in [0.05, 0.1) is 0 Å². The van der Waals surface area contributed by atoms with Crippen molar-refractivity contribution in [3.05, 3.63) is 0 Å². The molecule has 1 aliphatic carbocycles. The maximum absolute atomic E-state index is 10.3. The Kier molecular flexibility index (Phi) is 2.83. The summed E-state index contributed by atoms with van der Waals surface area (Å²) in [6, 6.07) is 1.03. The first kappa shape index (κ1) is 9.00. The molecule has 2 N–H and O–H groups in total. The van der Waals surface area contributed by atoms with Crippen molar-refractivity contribution in [3.63, 3.8) is 0 Å². The Balaban J connectivity index is 1.98. The number of hydrogen-bond acceptors (Lipinski definition) is 2. The molecule has 3 atom stereocenters. The first-order valence-electron chi connectivity index (χ1n) is 5.28. The summed E-state index contributed by atoms with van der Waals surface area (Å²) in [7, 11) is 0. The van der Waals surface area contributed by atoms with E-state index in [0.29, 0.717) is 18.0 Å². The monoisotopic (exact) mass is 181 g/mol. The molecule has 0 aromatic rings. The van der Waals surface area contributed by atoms with E-state index in [2.05, 4.69) is 10.6 Å². The molecule has 1 heterocycles. The van der Waals surface area contributed by atoms with Crippen molar-refractivity contribution < 1.29 is 4.79 Å². The van der Waals surface area contributed by atoms with Crippen molar-refractivity contribution in [1.29, 1.82) is 0 Å². The Morgan fingerprint density at radius 3 is 2.92 bits per heavy atom. The predicted molar refractivity (Wildman–Crippen MR) is 51.0 cm³/mol. The van der Waals surface area contributed by atoms with Crippen molar-refractivity contribution in [3.8, 4) is 0 Å². The molecular weight excluding hydrogens is 164 g/mol. The molecule has 3 unspecified atom stereocenters. The highest BCUT2D eigenvalue weighted by Gasteiger charge is 2.34. The van der Waals surface area contributed by atoms with Crippen LogP contribution in [0.3, 0.4) is 0 Å². The lowest BCUT2D eigenvalue weighted by Crippen LogP contribution is -2.54. The van der Waals surface area contributed by atoms with Gasteiger partial charge < -0.3 is 10.6 Å². The van der Waals surface area contributed by atoms with E-state index in [1.807, 2.05) is 6.41 Å². The molecule has 1 radical (unpaired) electrons. The average molecular weight is 181 g/mol. The van der Waals surface area contributed by atoms with Crippen LogP contribution in [0.4, 0.5) is 0 Å². The number of carbonyl (C=O) groups excluding carboxylic acids is 1. The number of rotatable bonds is 2. The number of piperidine rings is 1. The van der Waals surface area contributed by atoms with Crippen LogP contribution in [0.2, 0.25) is 0 Å². The first-order valence-corrected chi connectivity index (χ1v) is 5.28. The van der Waals surface area contributed by atoms with Crippen LogP contribution in [-0.4, -0.2) is 25.0 Å². The standard InChI is InChI=1S/C10H17N2O/c13-7-12-10-5-6-11-9-4-2-1-3-8(9)10/h8-11H,1-6H2,(H,12,13). The Morgan fingerprint density at radius 2 is 2.08 bits per heavy atom. The van der Waals surface area contributed by atoms with E-state index in [4.69, 9.17) is 0 Å². The van der Waals surface area contributed by atoms with Gasteiger partial charge in [-0.2, -0.15) is 0 Å². The first-order chi connectivity index (χ1) is 6.42. The van der Waals surface area contributed by atoms with Crippen LogP contribution in [0.25, 0.3) is 0 Å². The third-order valence-corrected chi connectivity index (χ3v) is 3.44. The van der Waals surface area contributed by atoms with Gasteiger partial charge in [0.25, 0.3) is 0 Å². The molecule has 1 saturated carbocycles. The molecule has 2 fully saturated rings. The van der Waals surface area contributed by atoms with E-state index in [1.165, 1.54) is 25.7 Å². The highest BCUT2D eigenvalue weighted by molar-refractivity contribution is 5.48. The summed E-state index contributed by atoms with van der Waals surface area (Å²) in [6.45, 7) is 1.04. The second-order valence-corrected chi connectivity index (χ2v) is 4.15. The second-order valence-electron chi connectivity index (χ2n) is 4.15. The summed E-state index contributed by atoms with van der Waals surface area (Å²) in [4.78, 5) is 10.3. The third kappa shape index (κ3) is 1.85. The van der Waals surface area contributed by atoms with Gasteiger partial charge in [-0.05, 0) is 31.7 Å². The zero-order valence-corrected chi connectivity index (χ0v) is 7.88. The van der Waals surface area contributed by atoms with Gasteiger partial charge in [0, 0.05) is 12.1 Å². The van der Waals surface area contributed by atoms with Crippen LogP contribution in [-0.2, 0) is 4.79 Å². The van der Waals surface area contributed by atoms with Gasteiger partial charge in [0.1, 0.15) is 0 Å². The van der Waals surface area contributed by atoms with E-state index in [-0.39, 0.29) is 0 Å². The molecule has 2 aliphatic rings. The van der Waals surface area contributed by atoms with Crippen molar-refractivity contribution in [1.82, 2.24) is 10.6 Å². The highest BCUT2D eigenvalue weighted by atomic mass is 16.1. The molecule has 2 rings (SSSR count). The van der Waals surface area contributed by atoms with Crippen molar-refractivity contribution >= 4 is 6.41 Å². The van der Waals surface area contributed by atoms with Gasteiger partial charge in [-0.3, -0.25) is 4.79 Å². The Labute approximate surface area is 79.3 Å². The van der Waals surface area contributed by atoms with Crippen LogP contribution in [0.5, 0.6) is 0 Å². The third-order valence-electron chi connectivity index (χ3n) is 3.44. The summed E-state index contributed by atoms with van der Waals surface area (Å²) in [5.74, 6) is 0.656. The lowest BCUT2D eigenvalue weighted by Gasteiger charge is -2.41. The largest absolute Gasteiger partial charge is 0.345 e. The molecule has 0 bridgehead atoms. The highest BCUT2D eigenvalue weighted by Crippen LogP contribution is 2.30. The van der Waals surface area contributed by atoms with Crippen molar-refractivity contribution in [2.75, 3.05) is 6.54 Å². The van der Waals surface area contributed by atoms with E-state index in [0.717, 1.165) is 13.0 Å². The maximum atomic E-state index is 10.3. The molecular formula is C10H17N2O. The summed E-state index contributed by atoms with van der Waals surface area (Å²) < 4.78 is 0. The zero-order chi connectivity index (χ0) is 9.10. The molecule has 1 amide bonds. The number of nitrogens with one attached hydrogen (secondary N) is 2. The number of hydrogen-bond donors (Lipinski definition) is 2. The average Bonchev–Trinajstić information content (AvgIpc) is 2.19. The molecule has 1 aliphatic heterocycles. The minimum atomic E-state index is 0.379. The summed E-state index contributed by atoms with van der Waals surface area (Å²) in [6.07, 6.45) is 8.11. The van der Waals surface area contributed by atoms with Crippen LogP contribution in [0, 0.1) is 5.92 Å². The van der Waals surface area contributed by atoms with Crippen LogP contribution in [0.1, 0.15) is 32.1 Å². The van der Waals surface area contributed by atoms with Gasteiger partial charge in [-0.25, -0.2) is 0 Å². The summed E-state index contributed by atoms with van der Waals surface area (Å²) in [5, 5.41) is 6.38. The van der Waals surface area contributed by atoms with Gasteiger partial charge in [0.15, 0.2) is 0 Å². The predicted octanol–water partition coefficient (Wildman–Crippen LogP) is 0.564.